The molecular formula is C17H21N3O6S2. The largest absolute Gasteiger partial charge is 0.438 e. The predicted molar refractivity (Wildman–Crippen MR) is 104 cm³/mol. The first-order chi connectivity index (χ1) is 13.2. The van der Waals surface area contributed by atoms with E-state index in [1.54, 1.807) is 12.1 Å². The van der Waals surface area contributed by atoms with Crippen molar-refractivity contribution in [3.05, 3.63) is 42.2 Å². The highest BCUT2D eigenvalue weighted by atomic mass is 32.2. The molecule has 0 radical (unpaired) electrons. The fourth-order valence-corrected chi connectivity index (χ4v) is 4.88. The molecule has 0 bridgehead atoms. The Morgan fingerprint density at radius 3 is 2.25 bits per heavy atom. The fraction of sp³-hybridized carbons (Fsp3) is 0.353. The van der Waals surface area contributed by atoms with E-state index in [-0.39, 0.29) is 22.2 Å². The van der Waals surface area contributed by atoms with Gasteiger partial charge in [0.1, 0.15) is 0 Å². The third-order valence-electron chi connectivity index (χ3n) is 4.18. The zero-order valence-corrected chi connectivity index (χ0v) is 16.8. The van der Waals surface area contributed by atoms with Crippen molar-refractivity contribution in [3.8, 4) is 0 Å². The molecule has 3 rings (SSSR count). The van der Waals surface area contributed by atoms with Gasteiger partial charge in [0.15, 0.2) is 5.76 Å². The van der Waals surface area contributed by atoms with Crippen molar-refractivity contribution in [2.24, 2.45) is 0 Å². The summed E-state index contributed by atoms with van der Waals surface area (Å²) in [6, 6.07) is 8.76. The zero-order chi connectivity index (χ0) is 20.4. The first-order valence-electron chi connectivity index (χ1n) is 8.65. The van der Waals surface area contributed by atoms with Gasteiger partial charge in [-0.05, 0) is 37.1 Å². The van der Waals surface area contributed by atoms with Crippen LogP contribution in [-0.4, -0.2) is 46.4 Å². The van der Waals surface area contributed by atoms with Crippen LogP contribution in [0.3, 0.4) is 0 Å². The minimum atomic E-state index is -3.78. The van der Waals surface area contributed by atoms with Gasteiger partial charge in [-0.3, -0.25) is 9.52 Å². The van der Waals surface area contributed by atoms with Gasteiger partial charge >= 0.3 is 0 Å². The van der Waals surface area contributed by atoms with Crippen molar-refractivity contribution >= 4 is 37.3 Å². The lowest BCUT2D eigenvalue weighted by Gasteiger charge is -2.24. The molecule has 1 aromatic heterocycles. The average Bonchev–Trinajstić information content (AvgIpc) is 3.14. The Morgan fingerprint density at radius 2 is 1.61 bits per heavy atom. The molecule has 0 atom stereocenters. The Morgan fingerprint density at radius 1 is 0.964 bits per heavy atom. The van der Waals surface area contributed by atoms with E-state index in [1.807, 2.05) is 0 Å². The second-order valence-corrected chi connectivity index (χ2v) is 10.1. The van der Waals surface area contributed by atoms with Crippen LogP contribution in [0.2, 0.25) is 0 Å². The van der Waals surface area contributed by atoms with E-state index in [2.05, 4.69) is 10.0 Å². The third-order valence-corrected chi connectivity index (χ3v) is 6.55. The number of nitrogens with one attached hydrogen (secondary N) is 2. The number of piperidine rings is 1. The predicted octanol–water partition coefficient (Wildman–Crippen LogP) is 2.08. The van der Waals surface area contributed by atoms with Crippen molar-refractivity contribution in [2.45, 2.75) is 24.4 Å². The number of rotatable bonds is 6. The van der Waals surface area contributed by atoms with Crippen LogP contribution in [0.1, 0.15) is 29.8 Å². The van der Waals surface area contributed by atoms with Gasteiger partial charge in [0.25, 0.3) is 15.9 Å². The van der Waals surface area contributed by atoms with Crippen LogP contribution in [0.5, 0.6) is 0 Å². The van der Waals surface area contributed by atoms with E-state index in [1.165, 1.54) is 28.6 Å². The van der Waals surface area contributed by atoms with Gasteiger partial charge in [0.2, 0.25) is 15.1 Å². The monoisotopic (exact) mass is 427 g/mol. The molecule has 0 unspecified atom stereocenters. The molecule has 9 nitrogen and oxygen atoms in total. The first-order valence-corrected chi connectivity index (χ1v) is 12.0. The lowest BCUT2D eigenvalue weighted by molar-refractivity contribution is 0.0991. The van der Waals surface area contributed by atoms with Crippen LogP contribution >= 0.6 is 0 Å². The molecule has 1 aliphatic rings. The molecule has 2 N–H and O–H groups in total. The number of nitrogens with zero attached hydrogens (tertiary/aromatic N) is 1. The SMILES string of the molecule is CS(=O)(=O)Nc1ccccc1NC(=O)c1ccc(S(=O)(=O)N2CCCCC2)o1. The van der Waals surface area contributed by atoms with E-state index >= 15 is 0 Å². The maximum absolute atomic E-state index is 12.6. The second-order valence-electron chi connectivity index (χ2n) is 6.46. The van der Waals surface area contributed by atoms with Crippen LogP contribution < -0.4 is 10.0 Å². The molecule has 1 saturated heterocycles. The number of benzene rings is 1. The third kappa shape index (κ3) is 4.72. The van der Waals surface area contributed by atoms with Crippen molar-refractivity contribution in [2.75, 3.05) is 29.4 Å². The summed E-state index contributed by atoms with van der Waals surface area (Å²) in [4.78, 5) is 12.5. The van der Waals surface area contributed by atoms with Crippen LogP contribution in [0.25, 0.3) is 0 Å². The number of para-hydroxylation sites is 2. The standard InChI is InChI=1S/C17H21N3O6S2/c1-27(22,23)19-14-8-4-3-7-13(14)18-17(21)15-9-10-16(26-15)28(24,25)20-11-5-2-6-12-20/h3-4,7-10,19H,2,5-6,11-12H2,1H3,(H,18,21). The fourth-order valence-electron chi connectivity index (χ4n) is 2.88. The number of anilines is 2. The molecule has 0 aliphatic carbocycles. The Bertz CT molecular complexity index is 1070. The van der Waals surface area contributed by atoms with Gasteiger partial charge < -0.3 is 9.73 Å². The first kappa shape index (κ1) is 20.4. The molecule has 1 aromatic carbocycles. The number of amides is 1. The van der Waals surface area contributed by atoms with Gasteiger partial charge in [-0.2, -0.15) is 4.31 Å². The molecular weight excluding hydrogens is 406 g/mol. The second kappa shape index (κ2) is 7.94. The summed E-state index contributed by atoms with van der Waals surface area (Å²) in [5.41, 5.74) is 0.404. The van der Waals surface area contributed by atoms with Crippen molar-refractivity contribution in [1.82, 2.24) is 4.31 Å². The molecule has 0 spiro atoms. The highest BCUT2D eigenvalue weighted by Crippen LogP contribution is 2.25. The number of hydrogen-bond acceptors (Lipinski definition) is 6. The quantitative estimate of drug-likeness (QED) is 0.727. The van der Waals surface area contributed by atoms with Crippen molar-refractivity contribution in [3.63, 3.8) is 0 Å². The molecule has 11 heteroatoms. The van der Waals surface area contributed by atoms with Crippen LogP contribution in [0.15, 0.2) is 45.9 Å². The Balaban J connectivity index is 1.78. The Hall–Kier alpha value is -2.37. The van der Waals surface area contributed by atoms with E-state index in [0.717, 1.165) is 25.5 Å². The summed E-state index contributed by atoms with van der Waals surface area (Å²) in [6.45, 7) is 0.851. The highest BCUT2D eigenvalue weighted by molar-refractivity contribution is 7.92. The molecule has 2 aromatic rings. The van der Waals surface area contributed by atoms with Gasteiger partial charge in [-0.25, -0.2) is 16.8 Å². The lowest BCUT2D eigenvalue weighted by Crippen LogP contribution is -2.35. The topological polar surface area (TPSA) is 126 Å². The maximum atomic E-state index is 12.6. The molecule has 2 heterocycles. The number of hydrogen-bond donors (Lipinski definition) is 2. The van der Waals surface area contributed by atoms with Gasteiger partial charge in [0.05, 0.1) is 17.6 Å². The zero-order valence-electron chi connectivity index (χ0n) is 15.2. The van der Waals surface area contributed by atoms with E-state index < -0.39 is 26.0 Å². The Kier molecular flexibility index (Phi) is 5.77. The van der Waals surface area contributed by atoms with Crippen LogP contribution in [0.4, 0.5) is 11.4 Å². The summed E-state index contributed by atoms with van der Waals surface area (Å²) in [5.74, 6) is -0.882. The molecule has 1 aliphatic heterocycles. The summed E-state index contributed by atoms with van der Waals surface area (Å²) in [5, 5.41) is 2.24. The summed E-state index contributed by atoms with van der Waals surface area (Å²) < 4.78 is 57.1. The van der Waals surface area contributed by atoms with Gasteiger partial charge in [-0.15, -0.1) is 0 Å². The van der Waals surface area contributed by atoms with E-state index in [9.17, 15) is 21.6 Å². The molecule has 1 fully saturated rings. The number of sulfonamides is 2. The van der Waals surface area contributed by atoms with E-state index in [0.29, 0.717) is 13.1 Å². The smallest absolute Gasteiger partial charge is 0.291 e. The number of carbonyl (C=O) groups is 1. The van der Waals surface area contributed by atoms with Gasteiger partial charge in [-0.1, -0.05) is 18.6 Å². The lowest BCUT2D eigenvalue weighted by atomic mass is 10.2. The summed E-state index contributed by atoms with van der Waals surface area (Å²) in [7, 11) is -7.32. The highest BCUT2D eigenvalue weighted by Gasteiger charge is 2.29. The molecule has 0 saturated carbocycles. The van der Waals surface area contributed by atoms with Crippen molar-refractivity contribution in [1.29, 1.82) is 0 Å². The van der Waals surface area contributed by atoms with E-state index in [4.69, 9.17) is 4.42 Å². The van der Waals surface area contributed by atoms with Gasteiger partial charge in [0, 0.05) is 13.1 Å². The minimum absolute atomic E-state index is 0.186. The molecule has 1 amide bonds. The summed E-state index contributed by atoms with van der Waals surface area (Å²) in [6.07, 6.45) is 3.56. The summed E-state index contributed by atoms with van der Waals surface area (Å²) >= 11 is 0. The van der Waals surface area contributed by atoms with Crippen molar-refractivity contribution < 1.29 is 26.0 Å². The number of carbonyl (C=O) groups excluding carboxylic acids is 1. The Labute approximate surface area is 163 Å². The molecule has 152 valence electrons. The maximum Gasteiger partial charge on any atom is 0.291 e. The van der Waals surface area contributed by atoms with Crippen LogP contribution in [0, 0.1) is 0 Å². The average molecular weight is 428 g/mol. The normalized spacial score (nSPS) is 15.9. The minimum Gasteiger partial charge on any atom is -0.438 e. The number of furan rings is 1. The van der Waals surface area contributed by atoms with Crippen LogP contribution in [-0.2, 0) is 20.0 Å². The molecule has 28 heavy (non-hydrogen) atoms.